The minimum atomic E-state index is -1.05. The highest BCUT2D eigenvalue weighted by Crippen LogP contribution is 2.40. The van der Waals surface area contributed by atoms with E-state index >= 15 is 4.39 Å². The van der Waals surface area contributed by atoms with Crippen molar-refractivity contribution in [2.75, 3.05) is 44.3 Å². The molecule has 3 aliphatic rings. The molecule has 0 bridgehead atoms. The maximum atomic E-state index is 17.1. The van der Waals surface area contributed by atoms with Gasteiger partial charge in [0.25, 0.3) is 11.6 Å². The van der Waals surface area contributed by atoms with Crippen LogP contribution < -0.4 is 15.2 Å². The first kappa shape index (κ1) is 49.5. The van der Waals surface area contributed by atoms with Gasteiger partial charge >= 0.3 is 18.3 Å². The molecule has 1 unspecified atom stereocenters. The number of pyridine rings is 2. The van der Waals surface area contributed by atoms with E-state index in [-0.39, 0.29) is 52.8 Å². The summed E-state index contributed by atoms with van der Waals surface area (Å²) in [7, 11) is 0. The normalized spacial score (nSPS) is 20.6. The molecule has 3 amide bonds. The van der Waals surface area contributed by atoms with E-state index in [0.29, 0.717) is 68.1 Å². The van der Waals surface area contributed by atoms with Crippen molar-refractivity contribution in [2.45, 2.75) is 168 Å². The van der Waals surface area contributed by atoms with Crippen LogP contribution >= 0.6 is 0 Å². The highest BCUT2D eigenvalue weighted by molar-refractivity contribution is 6.09. The third kappa shape index (κ3) is 12.7. The SMILES string of the molecule is Cc1nc(N(C(=O)OC(C)(C)C)C(=O)OC(C)(C)C)cc(-c2ncc3c(=O)[nH]c(OC[C@@]45CCCN4C[C@H](F)C5)nc3c2F)c1CCCCCOC1CCCCN(C(=O)OC(C)(C)C)C1. The molecule has 0 saturated carbocycles. The fourth-order valence-electron chi connectivity index (χ4n) is 8.72. The Labute approximate surface area is 380 Å². The number of hydrogen-bond donors (Lipinski definition) is 1. The number of aromatic amines is 1. The van der Waals surface area contributed by atoms with E-state index in [1.807, 2.05) is 20.8 Å². The Kier molecular flexibility index (Phi) is 15.1. The summed E-state index contributed by atoms with van der Waals surface area (Å²) >= 11 is 0. The zero-order chi connectivity index (χ0) is 47.5. The zero-order valence-electron chi connectivity index (χ0n) is 39.7. The van der Waals surface area contributed by atoms with Crippen LogP contribution in [0.25, 0.3) is 22.2 Å². The summed E-state index contributed by atoms with van der Waals surface area (Å²) in [6.45, 7) is 19.8. The second kappa shape index (κ2) is 19.9. The molecule has 0 spiro atoms. The number of aromatic nitrogens is 4. The first-order chi connectivity index (χ1) is 30.4. The van der Waals surface area contributed by atoms with Crippen molar-refractivity contribution < 1.29 is 46.8 Å². The maximum Gasteiger partial charge on any atom is 0.425 e. The lowest BCUT2D eigenvalue weighted by molar-refractivity contribution is 0.000408. The minimum absolute atomic E-state index is 0.0693. The van der Waals surface area contributed by atoms with Crippen LogP contribution in [0, 0.1) is 12.7 Å². The number of nitrogens with zero attached hydrogens (tertiary/aromatic N) is 6. The number of rotatable bonds is 12. The van der Waals surface area contributed by atoms with Gasteiger partial charge < -0.3 is 28.6 Å². The molecule has 6 rings (SSSR count). The van der Waals surface area contributed by atoms with E-state index in [0.717, 1.165) is 45.1 Å². The predicted octanol–water partition coefficient (Wildman–Crippen LogP) is 8.98. The number of H-pyrrole nitrogens is 1. The van der Waals surface area contributed by atoms with Crippen molar-refractivity contribution in [3.8, 4) is 17.3 Å². The van der Waals surface area contributed by atoms with Gasteiger partial charge in [-0.2, -0.15) is 9.88 Å². The fraction of sp³-hybridized carbons (Fsp3) is 0.681. The monoisotopic (exact) mass is 911 g/mol. The summed E-state index contributed by atoms with van der Waals surface area (Å²) in [5.74, 6) is -1.12. The standard InChI is InChI=1S/C47H67F2N7O9/c1-29-32(18-12-11-15-22-61-31-17-13-14-20-54(27-31)41(58)63-44(2,3)4)33(23-35(51-29)56(42(59)64-45(5,6)7)43(60)65-46(8,9)10)37-36(49)38-34(25-50-37)39(57)53-40(52-38)62-28-47-19-16-21-55(47)26-30(48)24-47/h23,25,30-31H,11-22,24,26-28H2,1-10H3,(H,52,53,57)/t30-,31?,47+/m1/s1. The van der Waals surface area contributed by atoms with E-state index in [9.17, 15) is 23.6 Å². The Morgan fingerprint density at radius 2 is 1.60 bits per heavy atom. The van der Waals surface area contributed by atoms with Crippen molar-refractivity contribution in [2.24, 2.45) is 0 Å². The topological polar surface area (TPSA) is 179 Å². The van der Waals surface area contributed by atoms with Crippen LogP contribution in [0.4, 0.5) is 29.0 Å². The molecule has 0 radical (unpaired) electrons. The smallest absolute Gasteiger partial charge is 0.425 e. The van der Waals surface area contributed by atoms with Gasteiger partial charge in [0.2, 0.25) is 0 Å². The molecule has 1 N–H and O–H groups in total. The fourth-order valence-corrected chi connectivity index (χ4v) is 8.72. The predicted molar refractivity (Wildman–Crippen MR) is 241 cm³/mol. The summed E-state index contributed by atoms with van der Waals surface area (Å²) in [5, 5.41) is -0.122. The number of hydrogen-bond acceptors (Lipinski definition) is 13. The molecular formula is C47H67F2N7O9. The molecule has 3 aliphatic heterocycles. The molecule has 3 aromatic heterocycles. The van der Waals surface area contributed by atoms with E-state index in [1.165, 1.54) is 12.3 Å². The van der Waals surface area contributed by atoms with Crippen molar-refractivity contribution in [3.05, 3.63) is 39.7 Å². The Balaban J connectivity index is 1.29. The number of nitrogens with one attached hydrogen (secondary N) is 1. The Morgan fingerprint density at radius 1 is 0.908 bits per heavy atom. The van der Waals surface area contributed by atoms with Gasteiger partial charge in [-0.1, -0.05) is 6.42 Å². The molecule has 6 heterocycles. The second-order valence-electron chi connectivity index (χ2n) is 20.5. The lowest BCUT2D eigenvalue weighted by Gasteiger charge is -2.30. The van der Waals surface area contributed by atoms with Crippen LogP contribution in [-0.2, 0) is 25.4 Å². The maximum absolute atomic E-state index is 17.1. The van der Waals surface area contributed by atoms with Gasteiger partial charge in [-0.15, -0.1) is 0 Å². The molecule has 3 fully saturated rings. The highest BCUT2D eigenvalue weighted by Gasteiger charge is 2.49. The summed E-state index contributed by atoms with van der Waals surface area (Å²) in [4.78, 5) is 74.2. The lowest BCUT2D eigenvalue weighted by Crippen LogP contribution is -2.44. The number of alkyl halides is 1. The third-order valence-corrected chi connectivity index (χ3v) is 11.6. The number of halogens is 2. The molecule has 358 valence electrons. The van der Waals surface area contributed by atoms with Crippen LogP contribution in [0.1, 0.15) is 131 Å². The Bertz CT molecular complexity index is 2240. The summed E-state index contributed by atoms with van der Waals surface area (Å²) in [6.07, 6.45) is 4.67. The Hall–Kier alpha value is -4.97. The molecule has 3 aromatic rings. The van der Waals surface area contributed by atoms with Crippen LogP contribution in [-0.4, -0.2) is 122 Å². The number of carbonyl (C=O) groups is 3. The molecule has 0 aromatic carbocycles. The van der Waals surface area contributed by atoms with Gasteiger partial charge in [-0.3, -0.25) is 19.7 Å². The Morgan fingerprint density at radius 3 is 2.28 bits per heavy atom. The number of imide groups is 1. The quantitative estimate of drug-likeness (QED) is 0.135. The average Bonchev–Trinajstić information content (AvgIpc) is 3.59. The van der Waals surface area contributed by atoms with Crippen molar-refractivity contribution in [1.82, 2.24) is 29.7 Å². The lowest BCUT2D eigenvalue weighted by atomic mass is 9.95. The van der Waals surface area contributed by atoms with Crippen LogP contribution in [0.15, 0.2) is 17.1 Å². The van der Waals surface area contributed by atoms with Crippen molar-refractivity contribution >= 4 is 35.0 Å². The van der Waals surface area contributed by atoms with E-state index in [2.05, 4.69) is 24.8 Å². The van der Waals surface area contributed by atoms with Crippen molar-refractivity contribution in [1.29, 1.82) is 0 Å². The molecule has 3 atom stereocenters. The number of anilines is 1. The number of aryl methyl sites for hydroxylation is 1. The van der Waals surface area contributed by atoms with Gasteiger partial charge in [-0.05, 0) is 139 Å². The van der Waals surface area contributed by atoms with E-state index in [1.54, 1.807) is 53.4 Å². The number of likely N-dealkylation sites (tertiary alicyclic amines) is 1. The third-order valence-electron chi connectivity index (χ3n) is 11.6. The van der Waals surface area contributed by atoms with Crippen molar-refractivity contribution in [3.63, 3.8) is 0 Å². The first-order valence-electron chi connectivity index (χ1n) is 22.9. The van der Waals surface area contributed by atoms with Crippen LogP contribution in [0.3, 0.4) is 0 Å². The molecule has 18 heteroatoms. The van der Waals surface area contributed by atoms with Gasteiger partial charge in [0.1, 0.15) is 46.6 Å². The number of ether oxygens (including phenoxy) is 5. The molecule has 65 heavy (non-hydrogen) atoms. The molecular weight excluding hydrogens is 845 g/mol. The van der Waals surface area contributed by atoms with Gasteiger partial charge in [-0.25, -0.2) is 28.1 Å². The van der Waals surface area contributed by atoms with Crippen LogP contribution in [0.5, 0.6) is 6.01 Å². The first-order valence-corrected chi connectivity index (χ1v) is 22.9. The molecule has 16 nitrogen and oxygen atoms in total. The minimum Gasteiger partial charge on any atom is -0.463 e. The van der Waals surface area contributed by atoms with Crippen LogP contribution in [0.2, 0.25) is 0 Å². The number of unbranched alkanes of at least 4 members (excludes halogenated alkanes) is 2. The van der Waals surface area contributed by atoms with Gasteiger partial charge in [0.15, 0.2) is 5.82 Å². The molecule has 0 aliphatic carbocycles. The second-order valence-corrected chi connectivity index (χ2v) is 20.5. The zero-order valence-corrected chi connectivity index (χ0v) is 39.7. The number of carbonyl (C=O) groups excluding carboxylic acids is 3. The van der Waals surface area contributed by atoms with E-state index < -0.39 is 52.1 Å². The van der Waals surface area contributed by atoms with Gasteiger partial charge in [0.05, 0.1) is 23.6 Å². The largest absolute Gasteiger partial charge is 0.463 e. The summed E-state index contributed by atoms with van der Waals surface area (Å²) in [6, 6.07) is 1.18. The number of fused-ring (bicyclic) bond motifs is 2. The van der Waals surface area contributed by atoms with E-state index in [4.69, 9.17) is 23.7 Å². The molecule has 3 saturated heterocycles. The summed E-state index contributed by atoms with van der Waals surface area (Å²) in [5.41, 5.74) is -3.11. The number of amides is 3. The average molecular weight is 912 g/mol. The highest BCUT2D eigenvalue weighted by atomic mass is 19.1. The van der Waals surface area contributed by atoms with Gasteiger partial charge in [0, 0.05) is 43.6 Å². The summed E-state index contributed by atoms with van der Waals surface area (Å²) < 4.78 is 60.8.